The van der Waals surface area contributed by atoms with Crippen LogP contribution in [0.5, 0.6) is 0 Å². The van der Waals surface area contributed by atoms with E-state index in [0.717, 1.165) is 12.8 Å². The van der Waals surface area contributed by atoms with E-state index < -0.39 is 24.4 Å². The first-order valence-corrected chi connectivity index (χ1v) is 10.6. The van der Waals surface area contributed by atoms with E-state index >= 15 is 0 Å². The normalized spacial score (nSPS) is 24.5. The molecule has 0 aromatic rings. The Labute approximate surface area is 159 Å². The topological polar surface area (TPSA) is 79.2 Å². The first-order chi connectivity index (χ1) is 12.7. The fourth-order valence-corrected chi connectivity index (χ4v) is 3.30. The fraction of sp³-hybridized carbons (Fsp3) is 0.905. The van der Waals surface area contributed by atoms with Crippen LogP contribution in [0.1, 0.15) is 77.6 Å². The van der Waals surface area contributed by atoms with Crippen LogP contribution in [0.4, 0.5) is 0 Å². The predicted octanol–water partition coefficient (Wildman–Crippen LogP) is 3.35. The number of aliphatic hydroxyl groups excluding tert-OH is 3. The molecule has 0 amide bonds. The number of hydrogen-bond donors (Lipinski definition) is 3. The van der Waals surface area contributed by atoms with Crippen LogP contribution < -0.4 is 0 Å². The summed E-state index contributed by atoms with van der Waals surface area (Å²) < 4.78 is 10.9. The molecule has 0 unspecified atom stereocenters. The van der Waals surface area contributed by atoms with Crippen LogP contribution in [0.25, 0.3) is 0 Å². The van der Waals surface area contributed by atoms with Crippen molar-refractivity contribution < 1.29 is 24.8 Å². The van der Waals surface area contributed by atoms with E-state index in [9.17, 15) is 15.3 Å². The van der Waals surface area contributed by atoms with E-state index in [2.05, 4.69) is 19.1 Å². The summed E-state index contributed by atoms with van der Waals surface area (Å²) in [5.74, 6) is 0. The predicted molar refractivity (Wildman–Crippen MR) is 104 cm³/mol. The van der Waals surface area contributed by atoms with Crippen LogP contribution in [0, 0.1) is 0 Å². The van der Waals surface area contributed by atoms with Crippen LogP contribution in [-0.2, 0) is 9.47 Å². The third-order valence-electron chi connectivity index (χ3n) is 4.99. The van der Waals surface area contributed by atoms with Crippen molar-refractivity contribution >= 4 is 0 Å². The number of hydrogen-bond acceptors (Lipinski definition) is 5. The van der Waals surface area contributed by atoms with Gasteiger partial charge >= 0.3 is 0 Å². The van der Waals surface area contributed by atoms with E-state index in [1.807, 2.05) is 0 Å². The maximum Gasteiger partial charge on any atom is 0.114 e. The largest absolute Gasteiger partial charge is 0.394 e. The highest BCUT2D eigenvalue weighted by Gasteiger charge is 2.40. The van der Waals surface area contributed by atoms with Gasteiger partial charge in [0.2, 0.25) is 0 Å². The number of aliphatic hydroxyl groups is 3. The molecule has 1 aliphatic rings. The third-order valence-corrected chi connectivity index (χ3v) is 4.99. The molecule has 0 radical (unpaired) electrons. The molecule has 154 valence electrons. The molecule has 0 saturated carbocycles. The van der Waals surface area contributed by atoms with Crippen molar-refractivity contribution in [1.82, 2.24) is 0 Å². The second-order valence-corrected chi connectivity index (χ2v) is 7.32. The van der Waals surface area contributed by atoms with Crippen molar-refractivity contribution in [3.8, 4) is 0 Å². The monoisotopic (exact) mass is 372 g/mol. The Kier molecular flexibility index (Phi) is 14.1. The van der Waals surface area contributed by atoms with Gasteiger partial charge < -0.3 is 24.8 Å². The smallest absolute Gasteiger partial charge is 0.114 e. The molecule has 1 aliphatic heterocycles. The number of rotatable bonds is 16. The lowest BCUT2D eigenvalue weighted by molar-refractivity contribution is -0.0996. The molecule has 1 rings (SSSR count). The van der Waals surface area contributed by atoms with Gasteiger partial charge in [-0.3, -0.25) is 0 Å². The maximum absolute atomic E-state index is 9.79. The second-order valence-electron chi connectivity index (χ2n) is 7.32. The van der Waals surface area contributed by atoms with Crippen molar-refractivity contribution in [3.63, 3.8) is 0 Å². The first kappa shape index (κ1) is 23.6. The highest BCUT2D eigenvalue weighted by atomic mass is 16.6. The molecule has 0 bridgehead atoms. The minimum atomic E-state index is -0.991. The van der Waals surface area contributed by atoms with Crippen molar-refractivity contribution in [1.29, 1.82) is 0 Å². The molecule has 3 N–H and O–H groups in total. The summed E-state index contributed by atoms with van der Waals surface area (Å²) in [6.07, 6.45) is 15.2. The summed E-state index contributed by atoms with van der Waals surface area (Å²) in [5, 5.41) is 28.7. The summed E-state index contributed by atoms with van der Waals surface area (Å²) in [6, 6.07) is 0. The van der Waals surface area contributed by atoms with Crippen LogP contribution >= 0.6 is 0 Å². The van der Waals surface area contributed by atoms with Gasteiger partial charge in [0.15, 0.2) is 0 Å². The van der Waals surface area contributed by atoms with Gasteiger partial charge in [0.1, 0.15) is 24.4 Å². The van der Waals surface area contributed by atoms with Crippen molar-refractivity contribution in [3.05, 3.63) is 12.2 Å². The average Bonchev–Trinajstić information content (AvgIpc) is 2.98. The summed E-state index contributed by atoms with van der Waals surface area (Å²) in [5.41, 5.74) is 0. The maximum atomic E-state index is 9.79. The van der Waals surface area contributed by atoms with Gasteiger partial charge in [0, 0.05) is 0 Å². The SMILES string of the molecule is CCCCCCCCCCC/C=C/CCO[C@@H](CO)[C@H]1OC[C@@H](O)[C@H]1O. The molecule has 1 heterocycles. The van der Waals surface area contributed by atoms with Crippen LogP contribution in [0.2, 0.25) is 0 Å². The fourth-order valence-electron chi connectivity index (χ4n) is 3.30. The molecule has 0 aromatic heterocycles. The number of allylic oxidation sites excluding steroid dienone is 1. The minimum Gasteiger partial charge on any atom is -0.394 e. The van der Waals surface area contributed by atoms with Gasteiger partial charge in [-0.05, 0) is 19.3 Å². The quantitative estimate of drug-likeness (QED) is 0.286. The van der Waals surface area contributed by atoms with Gasteiger partial charge in [-0.1, -0.05) is 70.4 Å². The third kappa shape index (κ3) is 10.0. The Hall–Kier alpha value is -0.460. The molecular weight excluding hydrogens is 332 g/mol. The molecular formula is C21H40O5. The number of ether oxygens (including phenoxy) is 2. The van der Waals surface area contributed by atoms with Crippen molar-refractivity contribution in [2.75, 3.05) is 19.8 Å². The van der Waals surface area contributed by atoms with Gasteiger partial charge in [0.05, 0.1) is 19.8 Å². The molecule has 1 saturated heterocycles. The Morgan fingerprint density at radius 1 is 0.962 bits per heavy atom. The Morgan fingerprint density at radius 3 is 2.15 bits per heavy atom. The number of unbranched alkanes of at least 4 members (excludes halogenated alkanes) is 9. The summed E-state index contributed by atoms with van der Waals surface area (Å²) in [4.78, 5) is 0. The highest BCUT2D eigenvalue weighted by molar-refractivity contribution is 4.89. The molecule has 4 atom stereocenters. The first-order valence-electron chi connectivity index (χ1n) is 10.6. The van der Waals surface area contributed by atoms with Gasteiger partial charge in [-0.25, -0.2) is 0 Å². The van der Waals surface area contributed by atoms with Crippen molar-refractivity contribution in [2.24, 2.45) is 0 Å². The van der Waals surface area contributed by atoms with Gasteiger partial charge in [-0.2, -0.15) is 0 Å². The van der Waals surface area contributed by atoms with Gasteiger partial charge in [0.25, 0.3) is 0 Å². The molecule has 0 aromatic carbocycles. The zero-order chi connectivity index (χ0) is 19.0. The second kappa shape index (κ2) is 15.6. The lowest BCUT2D eigenvalue weighted by Gasteiger charge is -2.24. The summed E-state index contributed by atoms with van der Waals surface area (Å²) in [7, 11) is 0. The van der Waals surface area contributed by atoms with E-state index in [1.165, 1.54) is 57.8 Å². The van der Waals surface area contributed by atoms with E-state index in [1.54, 1.807) is 0 Å². The summed E-state index contributed by atoms with van der Waals surface area (Å²) >= 11 is 0. The lowest BCUT2D eigenvalue weighted by atomic mass is 10.1. The van der Waals surface area contributed by atoms with Crippen LogP contribution in [0.3, 0.4) is 0 Å². The van der Waals surface area contributed by atoms with E-state index in [0.29, 0.717) is 6.61 Å². The van der Waals surface area contributed by atoms with E-state index in [-0.39, 0.29) is 13.2 Å². The lowest BCUT2D eigenvalue weighted by Crippen LogP contribution is -2.42. The zero-order valence-electron chi connectivity index (χ0n) is 16.5. The Morgan fingerprint density at radius 2 is 1.58 bits per heavy atom. The standard InChI is InChI=1S/C21H40O5/c1-2-3-4-5-6-7-8-9-10-11-12-13-14-15-25-19(16-22)21-20(24)18(23)17-26-21/h12-13,18-24H,2-11,14-17H2,1H3/b13-12+/t18-,19+,20-,21-/m1/s1. The zero-order valence-corrected chi connectivity index (χ0v) is 16.5. The Balaban J connectivity index is 1.94. The highest BCUT2D eigenvalue weighted by Crippen LogP contribution is 2.19. The molecule has 1 fully saturated rings. The van der Waals surface area contributed by atoms with Crippen LogP contribution in [0.15, 0.2) is 12.2 Å². The summed E-state index contributed by atoms with van der Waals surface area (Å²) in [6.45, 7) is 2.59. The molecule has 0 aliphatic carbocycles. The van der Waals surface area contributed by atoms with Crippen LogP contribution in [-0.4, -0.2) is 59.6 Å². The van der Waals surface area contributed by atoms with Gasteiger partial charge in [-0.15, -0.1) is 0 Å². The van der Waals surface area contributed by atoms with E-state index in [4.69, 9.17) is 9.47 Å². The molecule has 5 nitrogen and oxygen atoms in total. The minimum absolute atomic E-state index is 0.0876. The molecule has 26 heavy (non-hydrogen) atoms. The Bertz CT molecular complexity index is 347. The average molecular weight is 373 g/mol. The molecule has 5 heteroatoms. The van der Waals surface area contributed by atoms with Crippen molar-refractivity contribution in [2.45, 2.75) is 102 Å². The molecule has 0 spiro atoms.